The molecule has 0 aromatic heterocycles. The van der Waals surface area contributed by atoms with Crippen LogP contribution < -0.4 is 5.32 Å². The third-order valence-electron chi connectivity index (χ3n) is 4.20. The molecule has 0 saturated heterocycles. The van der Waals surface area contributed by atoms with Gasteiger partial charge in [-0.05, 0) is 30.5 Å². The van der Waals surface area contributed by atoms with Gasteiger partial charge >= 0.3 is 5.97 Å². The van der Waals surface area contributed by atoms with Crippen LogP contribution in [0.5, 0.6) is 0 Å². The number of esters is 1. The average Bonchev–Trinajstić information content (AvgIpc) is 2.63. The smallest absolute Gasteiger partial charge is 0.308 e. The largest absolute Gasteiger partial charge is 0.466 e. The average molecular weight is 374 g/mol. The fraction of sp³-hybridized carbons (Fsp3) is 0.333. The summed E-state index contributed by atoms with van der Waals surface area (Å²) in [6.45, 7) is 4.01. The summed E-state index contributed by atoms with van der Waals surface area (Å²) in [7, 11) is 0. The molecule has 0 aliphatic heterocycles. The van der Waals surface area contributed by atoms with E-state index in [1.807, 2.05) is 55.5 Å². The van der Waals surface area contributed by atoms with Gasteiger partial charge in [-0.3, -0.25) is 9.59 Å². The van der Waals surface area contributed by atoms with Crippen LogP contribution in [-0.2, 0) is 14.3 Å². The number of carbonyl (C=O) groups excluding carboxylic acids is 2. The summed E-state index contributed by atoms with van der Waals surface area (Å²) in [5.41, 5.74) is 1.65. The van der Waals surface area contributed by atoms with E-state index in [4.69, 9.17) is 16.3 Å². The molecule has 1 N–H and O–H groups in total. The van der Waals surface area contributed by atoms with Crippen LogP contribution in [0.25, 0.3) is 0 Å². The Morgan fingerprint density at radius 3 is 2.31 bits per heavy atom. The topological polar surface area (TPSA) is 55.4 Å². The SMILES string of the molecule is CCOC(=O)C[C@@H](NC(=O)[C@@H](CC)c1ccccc1)c1ccccc1Cl. The van der Waals surface area contributed by atoms with E-state index in [9.17, 15) is 9.59 Å². The second-order valence-corrected chi connectivity index (χ2v) is 6.37. The minimum Gasteiger partial charge on any atom is -0.466 e. The van der Waals surface area contributed by atoms with E-state index in [1.165, 1.54) is 0 Å². The third kappa shape index (κ3) is 5.33. The van der Waals surface area contributed by atoms with Crippen molar-refractivity contribution in [2.75, 3.05) is 6.61 Å². The molecule has 2 aromatic rings. The summed E-state index contributed by atoms with van der Waals surface area (Å²) in [5.74, 6) is -0.790. The Kier molecular flexibility index (Phi) is 7.67. The van der Waals surface area contributed by atoms with Gasteiger partial charge in [-0.25, -0.2) is 0 Å². The molecule has 0 spiro atoms. The molecule has 0 saturated carbocycles. The maximum absolute atomic E-state index is 12.9. The zero-order valence-corrected chi connectivity index (χ0v) is 15.8. The Hall–Kier alpha value is -2.33. The standard InChI is InChI=1S/C21H24ClNO3/c1-3-16(15-10-6-5-7-11-15)21(25)23-19(14-20(24)26-4-2)17-12-8-9-13-18(17)22/h5-13,16,19H,3-4,14H2,1-2H3,(H,23,25)/t16-,19+/m0/s1. The molecule has 2 aromatic carbocycles. The summed E-state index contributed by atoms with van der Waals surface area (Å²) >= 11 is 6.29. The van der Waals surface area contributed by atoms with Crippen LogP contribution in [-0.4, -0.2) is 18.5 Å². The molecule has 0 unspecified atom stereocenters. The molecule has 26 heavy (non-hydrogen) atoms. The quantitative estimate of drug-likeness (QED) is 0.685. The molecular formula is C21H24ClNO3. The molecule has 138 valence electrons. The van der Waals surface area contributed by atoms with Crippen molar-refractivity contribution in [3.8, 4) is 0 Å². The summed E-state index contributed by atoms with van der Waals surface area (Å²) in [6, 6.07) is 16.3. The number of benzene rings is 2. The van der Waals surface area contributed by atoms with E-state index >= 15 is 0 Å². The van der Waals surface area contributed by atoms with E-state index in [1.54, 1.807) is 13.0 Å². The molecule has 0 aliphatic rings. The summed E-state index contributed by atoms with van der Waals surface area (Å²) in [5, 5.41) is 3.50. The molecule has 4 nitrogen and oxygen atoms in total. The summed E-state index contributed by atoms with van der Waals surface area (Å²) in [4.78, 5) is 24.9. The minimum absolute atomic E-state index is 0.0362. The molecule has 0 radical (unpaired) electrons. The van der Waals surface area contributed by atoms with Gasteiger partial charge in [-0.2, -0.15) is 0 Å². The molecule has 1 amide bonds. The lowest BCUT2D eigenvalue weighted by molar-refractivity contribution is -0.143. The zero-order chi connectivity index (χ0) is 18.9. The maximum Gasteiger partial charge on any atom is 0.308 e. The molecule has 0 heterocycles. The predicted molar refractivity (Wildman–Crippen MR) is 103 cm³/mol. The van der Waals surface area contributed by atoms with Crippen LogP contribution in [0.3, 0.4) is 0 Å². The van der Waals surface area contributed by atoms with Gasteiger partial charge in [0.15, 0.2) is 0 Å². The minimum atomic E-state index is -0.534. The van der Waals surface area contributed by atoms with Crippen molar-refractivity contribution in [2.24, 2.45) is 0 Å². The number of rotatable bonds is 8. The monoisotopic (exact) mass is 373 g/mol. The van der Waals surface area contributed by atoms with Gasteiger partial charge in [0.2, 0.25) is 5.91 Å². The number of carbonyl (C=O) groups is 2. The molecule has 0 aliphatic carbocycles. The van der Waals surface area contributed by atoms with E-state index in [2.05, 4.69) is 5.32 Å². The van der Waals surface area contributed by atoms with Crippen LogP contribution in [0.15, 0.2) is 54.6 Å². The summed E-state index contributed by atoms with van der Waals surface area (Å²) < 4.78 is 5.05. The number of ether oxygens (including phenoxy) is 1. The lowest BCUT2D eigenvalue weighted by Gasteiger charge is -2.23. The molecule has 2 atom stereocenters. The van der Waals surface area contributed by atoms with E-state index in [0.29, 0.717) is 23.6 Å². The highest BCUT2D eigenvalue weighted by molar-refractivity contribution is 6.31. The van der Waals surface area contributed by atoms with Crippen LogP contribution in [0.2, 0.25) is 5.02 Å². The highest BCUT2D eigenvalue weighted by atomic mass is 35.5. The summed E-state index contributed by atoms with van der Waals surface area (Å²) in [6.07, 6.45) is 0.693. The van der Waals surface area contributed by atoms with Crippen molar-refractivity contribution < 1.29 is 14.3 Å². The van der Waals surface area contributed by atoms with Gasteiger partial charge in [0.25, 0.3) is 0 Å². The van der Waals surface area contributed by atoms with Gasteiger partial charge < -0.3 is 10.1 Å². The van der Waals surface area contributed by atoms with Crippen molar-refractivity contribution >= 4 is 23.5 Å². The first kappa shape index (κ1) is 20.0. The Balaban J connectivity index is 2.23. The molecule has 0 fully saturated rings. The van der Waals surface area contributed by atoms with E-state index < -0.39 is 6.04 Å². The number of nitrogens with one attached hydrogen (secondary N) is 1. The van der Waals surface area contributed by atoms with Crippen LogP contribution >= 0.6 is 11.6 Å². The van der Waals surface area contributed by atoms with Crippen LogP contribution in [0.1, 0.15) is 49.8 Å². The normalized spacial score (nSPS) is 12.9. The number of halogens is 1. The van der Waals surface area contributed by atoms with Gasteiger partial charge in [0.05, 0.1) is 25.0 Å². The Morgan fingerprint density at radius 1 is 1.04 bits per heavy atom. The second kappa shape index (κ2) is 9.97. The number of hydrogen-bond donors (Lipinski definition) is 1. The first-order valence-electron chi connectivity index (χ1n) is 8.82. The van der Waals surface area contributed by atoms with Gasteiger partial charge in [-0.15, -0.1) is 0 Å². The van der Waals surface area contributed by atoms with Crippen molar-refractivity contribution in [2.45, 2.75) is 38.6 Å². The fourth-order valence-electron chi connectivity index (χ4n) is 2.91. The maximum atomic E-state index is 12.9. The number of hydrogen-bond acceptors (Lipinski definition) is 3. The van der Waals surface area contributed by atoms with E-state index in [0.717, 1.165) is 5.56 Å². The highest BCUT2D eigenvalue weighted by Gasteiger charge is 2.25. The van der Waals surface area contributed by atoms with Crippen molar-refractivity contribution in [3.05, 3.63) is 70.7 Å². The van der Waals surface area contributed by atoms with Crippen molar-refractivity contribution in [1.29, 1.82) is 0 Å². The van der Waals surface area contributed by atoms with Crippen molar-refractivity contribution in [1.82, 2.24) is 5.32 Å². The molecule has 2 rings (SSSR count). The lowest BCUT2D eigenvalue weighted by atomic mass is 9.94. The lowest BCUT2D eigenvalue weighted by Crippen LogP contribution is -2.34. The van der Waals surface area contributed by atoms with Gasteiger partial charge in [-0.1, -0.05) is 67.1 Å². The first-order valence-corrected chi connectivity index (χ1v) is 9.19. The first-order chi connectivity index (χ1) is 12.6. The van der Waals surface area contributed by atoms with Crippen molar-refractivity contribution in [3.63, 3.8) is 0 Å². The Labute approximate surface area is 159 Å². The van der Waals surface area contributed by atoms with Gasteiger partial charge in [0, 0.05) is 5.02 Å². The van der Waals surface area contributed by atoms with Crippen LogP contribution in [0, 0.1) is 0 Å². The van der Waals surface area contributed by atoms with Crippen LogP contribution in [0.4, 0.5) is 0 Å². The zero-order valence-electron chi connectivity index (χ0n) is 15.1. The van der Waals surface area contributed by atoms with Gasteiger partial charge in [0.1, 0.15) is 0 Å². The third-order valence-corrected chi connectivity index (χ3v) is 4.54. The predicted octanol–water partition coefficient (Wildman–Crippen LogP) is 4.64. The highest BCUT2D eigenvalue weighted by Crippen LogP contribution is 2.27. The molecule has 0 bridgehead atoms. The second-order valence-electron chi connectivity index (χ2n) is 5.96. The molecule has 5 heteroatoms. The fourth-order valence-corrected chi connectivity index (χ4v) is 3.18. The molecular weight excluding hydrogens is 350 g/mol. The Morgan fingerprint density at radius 2 is 1.69 bits per heavy atom. The number of amides is 1. The Bertz CT molecular complexity index is 733. The van der Waals surface area contributed by atoms with E-state index in [-0.39, 0.29) is 24.2 Å².